The largest absolute Gasteiger partial charge is 0.495 e. The van der Waals surface area contributed by atoms with E-state index in [4.69, 9.17) is 16.3 Å². The Morgan fingerprint density at radius 2 is 1.32 bits per heavy atom. The number of rotatable bonds is 6. The minimum Gasteiger partial charge on any atom is -0.495 e. The standard InChI is InChI=1S/C26H27ClN4O3/c1-30-13-15-31(16-14-30)23-17-22(11-12-24(23)34-2)29-26(33)19-5-9-21(10-6-19)28-25(32)18-3-7-20(27)8-4-18/h3-12,17H,13-16H2,1-2H3,(H,28,32)(H,29,33). The first kappa shape index (κ1) is 23.6. The highest BCUT2D eigenvalue weighted by Crippen LogP contribution is 2.32. The zero-order chi connectivity index (χ0) is 24.1. The van der Waals surface area contributed by atoms with Crippen LogP contribution in [0, 0.1) is 0 Å². The van der Waals surface area contributed by atoms with Crippen molar-refractivity contribution in [2.75, 3.05) is 55.9 Å². The maximum absolute atomic E-state index is 12.8. The fraction of sp³-hybridized carbons (Fsp3) is 0.231. The van der Waals surface area contributed by atoms with Gasteiger partial charge in [0, 0.05) is 53.7 Å². The van der Waals surface area contributed by atoms with Crippen molar-refractivity contribution < 1.29 is 14.3 Å². The van der Waals surface area contributed by atoms with Crippen LogP contribution in [0.4, 0.5) is 17.1 Å². The van der Waals surface area contributed by atoms with Crippen molar-refractivity contribution in [3.05, 3.63) is 82.9 Å². The number of methoxy groups -OCH3 is 1. The van der Waals surface area contributed by atoms with Crippen LogP contribution in [0.1, 0.15) is 20.7 Å². The molecule has 0 atom stereocenters. The number of carbonyl (C=O) groups excluding carboxylic acids is 2. The van der Waals surface area contributed by atoms with Gasteiger partial charge in [0.1, 0.15) is 5.75 Å². The summed E-state index contributed by atoms with van der Waals surface area (Å²) >= 11 is 5.87. The predicted molar refractivity (Wildman–Crippen MR) is 137 cm³/mol. The summed E-state index contributed by atoms with van der Waals surface area (Å²) in [6.07, 6.45) is 0. The van der Waals surface area contributed by atoms with Crippen LogP contribution in [0.2, 0.25) is 5.02 Å². The van der Waals surface area contributed by atoms with E-state index < -0.39 is 0 Å². The van der Waals surface area contributed by atoms with E-state index in [0.717, 1.165) is 37.6 Å². The van der Waals surface area contributed by atoms with Gasteiger partial charge < -0.3 is 25.2 Å². The van der Waals surface area contributed by atoms with Gasteiger partial charge in [-0.3, -0.25) is 9.59 Å². The third-order valence-corrected chi connectivity index (χ3v) is 6.04. The summed E-state index contributed by atoms with van der Waals surface area (Å²) in [4.78, 5) is 29.7. The molecule has 1 heterocycles. The van der Waals surface area contributed by atoms with Crippen LogP contribution < -0.4 is 20.3 Å². The average Bonchev–Trinajstić information content (AvgIpc) is 2.85. The molecule has 8 heteroatoms. The van der Waals surface area contributed by atoms with Crippen molar-refractivity contribution in [3.63, 3.8) is 0 Å². The summed E-state index contributed by atoms with van der Waals surface area (Å²) in [6.45, 7) is 3.74. The van der Waals surface area contributed by atoms with Crippen LogP contribution in [0.3, 0.4) is 0 Å². The zero-order valence-electron chi connectivity index (χ0n) is 19.2. The van der Waals surface area contributed by atoms with Gasteiger partial charge in [-0.05, 0) is 73.8 Å². The first-order chi connectivity index (χ1) is 16.4. The Morgan fingerprint density at radius 1 is 0.794 bits per heavy atom. The number of anilines is 3. The molecule has 0 radical (unpaired) electrons. The molecule has 0 aromatic heterocycles. The fourth-order valence-corrected chi connectivity index (χ4v) is 3.90. The van der Waals surface area contributed by atoms with Crippen molar-refractivity contribution in [1.29, 1.82) is 0 Å². The second-order valence-electron chi connectivity index (χ2n) is 8.17. The van der Waals surface area contributed by atoms with Crippen LogP contribution in [-0.2, 0) is 0 Å². The molecule has 2 N–H and O–H groups in total. The quantitative estimate of drug-likeness (QED) is 0.541. The second kappa shape index (κ2) is 10.6. The highest BCUT2D eigenvalue weighted by molar-refractivity contribution is 6.30. The lowest BCUT2D eigenvalue weighted by atomic mass is 10.1. The molecule has 3 aromatic rings. The molecule has 7 nitrogen and oxygen atoms in total. The molecule has 176 valence electrons. The van der Waals surface area contributed by atoms with Gasteiger partial charge >= 0.3 is 0 Å². The normalized spacial score (nSPS) is 13.9. The average molecular weight is 479 g/mol. The molecular weight excluding hydrogens is 452 g/mol. The van der Waals surface area contributed by atoms with Crippen LogP contribution in [-0.4, -0.2) is 57.1 Å². The first-order valence-electron chi connectivity index (χ1n) is 11.0. The Kier molecular flexibility index (Phi) is 7.35. The number of hydrogen-bond acceptors (Lipinski definition) is 5. The lowest BCUT2D eigenvalue weighted by molar-refractivity contribution is 0.102. The molecular formula is C26H27ClN4O3. The number of benzene rings is 3. The summed E-state index contributed by atoms with van der Waals surface area (Å²) in [5.74, 6) is 0.303. The molecule has 4 rings (SSSR count). The van der Waals surface area contributed by atoms with Gasteiger partial charge in [-0.1, -0.05) is 11.6 Å². The fourth-order valence-electron chi connectivity index (χ4n) is 3.77. The Bertz CT molecular complexity index is 1160. The van der Waals surface area contributed by atoms with Crippen LogP contribution in [0.5, 0.6) is 5.75 Å². The van der Waals surface area contributed by atoms with Crippen molar-refractivity contribution in [3.8, 4) is 5.75 Å². The van der Waals surface area contributed by atoms with E-state index in [2.05, 4.69) is 27.5 Å². The lowest BCUT2D eigenvalue weighted by Crippen LogP contribution is -2.44. The molecule has 1 aliphatic rings. The number of nitrogens with one attached hydrogen (secondary N) is 2. The zero-order valence-corrected chi connectivity index (χ0v) is 19.9. The minimum absolute atomic E-state index is 0.231. The molecule has 0 spiro atoms. The van der Waals surface area contributed by atoms with E-state index in [9.17, 15) is 9.59 Å². The van der Waals surface area contributed by atoms with Crippen LogP contribution in [0.15, 0.2) is 66.7 Å². The Balaban J connectivity index is 1.42. The SMILES string of the molecule is COc1ccc(NC(=O)c2ccc(NC(=O)c3ccc(Cl)cc3)cc2)cc1N1CCN(C)CC1. The summed E-state index contributed by atoms with van der Waals surface area (Å²) < 4.78 is 5.54. The van der Waals surface area contributed by atoms with Gasteiger partial charge in [-0.15, -0.1) is 0 Å². The van der Waals surface area contributed by atoms with Gasteiger partial charge in [0.15, 0.2) is 0 Å². The Morgan fingerprint density at radius 3 is 1.91 bits per heavy atom. The van der Waals surface area contributed by atoms with Crippen LogP contribution >= 0.6 is 11.6 Å². The topological polar surface area (TPSA) is 73.9 Å². The van der Waals surface area contributed by atoms with Crippen molar-refractivity contribution in [2.24, 2.45) is 0 Å². The van der Waals surface area contributed by atoms with Gasteiger partial charge in [0.25, 0.3) is 11.8 Å². The molecule has 1 saturated heterocycles. The van der Waals surface area contributed by atoms with Crippen LogP contribution in [0.25, 0.3) is 0 Å². The number of carbonyl (C=O) groups is 2. The third-order valence-electron chi connectivity index (χ3n) is 5.79. The lowest BCUT2D eigenvalue weighted by Gasteiger charge is -2.34. The van der Waals surface area contributed by atoms with Gasteiger partial charge in [-0.2, -0.15) is 0 Å². The smallest absolute Gasteiger partial charge is 0.255 e. The molecule has 3 aromatic carbocycles. The highest BCUT2D eigenvalue weighted by Gasteiger charge is 2.19. The summed E-state index contributed by atoms with van der Waals surface area (Å²) in [7, 11) is 3.76. The maximum Gasteiger partial charge on any atom is 0.255 e. The Hall–Kier alpha value is -3.55. The highest BCUT2D eigenvalue weighted by atomic mass is 35.5. The second-order valence-corrected chi connectivity index (χ2v) is 8.61. The molecule has 0 unspecified atom stereocenters. The number of amides is 2. The summed E-state index contributed by atoms with van der Waals surface area (Å²) in [5.41, 5.74) is 3.25. The van der Waals surface area contributed by atoms with Crippen molar-refractivity contribution in [2.45, 2.75) is 0 Å². The molecule has 0 aliphatic carbocycles. The molecule has 1 aliphatic heterocycles. The van der Waals surface area contributed by atoms with Gasteiger partial charge in [0.05, 0.1) is 12.8 Å². The Labute approximate surface area is 204 Å². The number of halogens is 1. The molecule has 0 bridgehead atoms. The maximum atomic E-state index is 12.8. The van der Waals surface area contributed by atoms with E-state index in [1.165, 1.54) is 0 Å². The first-order valence-corrected chi connectivity index (χ1v) is 11.4. The molecule has 34 heavy (non-hydrogen) atoms. The number of ether oxygens (including phenoxy) is 1. The molecule has 0 saturated carbocycles. The number of nitrogens with zero attached hydrogens (tertiary/aromatic N) is 2. The van der Waals surface area contributed by atoms with E-state index in [1.54, 1.807) is 55.6 Å². The van der Waals surface area contributed by atoms with E-state index >= 15 is 0 Å². The van der Waals surface area contributed by atoms with Crippen molar-refractivity contribution in [1.82, 2.24) is 4.90 Å². The minimum atomic E-state index is -0.247. The van der Waals surface area contributed by atoms with Crippen molar-refractivity contribution >= 4 is 40.5 Å². The third kappa shape index (κ3) is 5.68. The summed E-state index contributed by atoms with van der Waals surface area (Å²) in [6, 6.07) is 19.1. The predicted octanol–water partition coefficient (Wildman–Crippen LogP) is 4.61. The van der Waals surface area contributed by atoms with Gasteiger partial charge in [-0.25, -0.2) is 0 Å². The number of piperazine rings is 1. The molecule has 1 fully saturated rings. The van der Waals surface area contributed by atoms with E-state index in [-0.39, 0.29) is 11.8 Å². The van der Waals surface area contributed by atoms with Gasteiger partial charge in [0.2, 0.25) is 0 Å². The molecule has 2 amide bonds. The summed E-state index contributed by atoms with van der Waals surface area (Å²) in [5, 5.41) is 6.34. The number of likely N-dealkylation sites (N-methyl/N-ethyl adjacent to an activating group) is 1. The van der Waals surface area contributed by atoms with E-state index in [0.29, 0.717) is 27.5 Å². The number of hydrogen-bond donors (Lipinski definition) is 2. The van der Waals surface area contributed by atoms with E-state index in [1.807, 2.05) is 18.2 Å². The monoisotopic (exact) mass is 478 g/mol.